The zero-order chi connectivity index (χ0) is 17.9. The summed E-state index contributed by atoms with van der Waals surface area (Å²) in [5.74, 6) is 0.0269. The summed E-state index contributed by atoms with van der Waals surface area (Å²) in [5.41, 5.74) is 4.47. The van der Waals surface area contributed by atoms with Crippen molar-refractivity contribution in [1.82, 2.24) is 0 Å². The SMILES string of the molecule is O=C(C=Cc1ccc(N2CCOCC2)cc1)N1CCc2ccc(Br)cc21. The number of benzene rings is 2. The van der Waals surface area contributed by atoms with Gasteiger partial charge in [0.1, 0.15) is 0 Å². The number of anilines is 2. The maximum absolute atomic E-state index is 12.6. The lowest BCUT2D eigenvalue weighted by molar-refractivity contribution is -0.114. The van der Waals surface area contributed by atoms with Crippen molar-refractivity contribution in [3.63, 3.8) is 0 Å². The molecule has 0 unspecified atom stereocenters. The molecule has 2 aliphatic heterocycles. The van der Waals surface area contributed by atoms with Gasteiger partial charge in [0.05, 0.1) is 13.2 Å². The molecule has 1 saturated heterocycles. The topological polar surface area (TPSA) is 32.8 Å². The second kappa shape index (κ2) is 7.64. The number of rotatable bonds is 3. The van der Waals surface area contributed by atoms with Gasteiger partial charge in [-0.15, -0.1) is 0 Å². The molecule has 134 valence electrons. The molecule has 2 aromatic carbocycles. The van der Waals surface area contributed by atoms with E-state index in [1.54, 1.807) is 6.08 Å². The number of hydrogen-bond acceptors (Lipinski definition) is 3. The maximum atomic E-state index is 12.6. The quantitative estimate of drug-likeness (QED) is 0.716. The molecule has 5 heteroatoms. The first-order chi connectivity index (χ1) is 12.7. The molecule has 2 aliphatic rings. The normalized spacial score (nSPS) is 17.0. The Morgan fingerprint density at radius 1 is 1.04 bits per heavy atom. The van der Waals surface area contributed by atoms with Crippen molar-refractivity contribution >= 4 is 39.3 Å². The summed E-state index contributed by atoms with van der Waals surface area (Å²) in [5, 5.41) is 0. The third-order valence-electron chi connectivity index (χ3n) is 4.90. The molecule has 1 amide bonds. The first-order valence-electron chi connectivity index (χ1n) is 8.91. The number of nitrogens with zero attached hydrogens (tertiary/aromatic N) is 2. The predicted octanol–water partition coefficient (Wildman–Crippen LogP) is 3.89. The van der Waals surface area contributed by atoms with Crippen LogP contribution in [-0.2, 0) is 16.0 Å². The van der Waals surface area contributed by atoms with E-state index in [0.717, 1.165) is 55.0 Å². The van der Waals surface area contributed by atoms with Crippen LogP contribution in [0.15, 0.2) is 53.0 Å². The summed E-state index contributed by atoms with van der Waals surface area (Å²) in [4.78, 5) is 16.8. The van der Waals surface area contributed by atoms with Crippen molar-refractivity contribution in [3.8, 4) is 0 Å². The fourth-order valence-electron chi connectivity index (χ4n) is 3.46. The smallest absolute Gasteiger partial charge is 0.251 e. The van der Waals surface area contributed by atoms with Gasteiger partial charge in [0.15, 0.2) is 0 Å². The lowest BCUT2D eigenvalue weighted by Gasteiger charge is -2.28. The summed E-state index contributed by atoms with van der Waals surface area (Å²) < 4.78 is 6.39. The average molecular weight is 413 g/mol. The van der Waals surface area contributed by atoms with Crippen molar-refractivity contribution < 1.29 is 9.53 Å². The van der Waals surface area contributed by atoms with Gasteiger partial charge in [0, 0.05) is 41.6 Å². The van der Waals surface area contributed by atoms with E-state index >= 15 is 0 Å². The van der Waals surface area contributed by atoms with Crippen LogP contribution in [0.3, 0.4) is 0 Å². The molecule has 0 spiro atoms. The summed E-state index contributed by atoms with van der Waals surface area (Å²) in [6, 6.07) is 14.5. The molecule has 0 saturated carbocycles. The lowest BCUT2D eigenvalue weighted by Crippen LogP contribution is -2.36. The molecular formula is C21H21BrN2O2. The van der Waals surface area contributed by atoms with Crippen LogP contribution < -0.4 is 9.80 Å². The first-order valence-corrected chi connectivity index (χ1v) is 9.71. The van der Waals surface area contributed by atoms with Gasteiger partial charge in [-0.05, 0) is 47.9 Å². The van der Waals surface area contributed by atoms with Crippen molar-refractivity contribution in [3.05, 3.63) is 64.1 Å². The highest BCUT2D eigenvalue weighted by Gasteiger charge is 2.23. The van der Waals surface area contributed by atoms with Crippen LogP contribution in [0.1, 0.15) is 11.1 Å². The average Bonchev–Trinajstić information content (AvgIpc) is 3.10. The van der Waals surface area contributed by atoms with E-state index in [4.69, 9.17) is 4.74 Å². The van der Waals surface area contributed by atoms with Gasteiger partial charge in [-0.3, -0.25) is 4.79 Å². The number of hydrogen-bond donors (Lipinski definition) is 0. The van der Waals surface area contributed by atoms with E-state index in [2.05, 4.69) is 51.2 Å². The van der Waals surface area contributed by atoms with E-state index in [1.165, 1.54) is 11.3 Å². The van der Waals surface area contributed by atoms with Gasteiger partial charge in [-0.1, -0.05) is 34.1 Å². The highest BCUT2D eigenvalue weighted by atomic mass is 79.9. The number of amides is 1. The molecule has 0 aliphatic carbocycles. The zero-order valence-electron chi connectivity index (χ0n) is 14.5. The van der Waals surface area contributed by atoms with Gasteiger partial charge >= 0.3 is 0 Å². The van der Waals surface area contributed by atoms with Crippen LogP contribution in [0.4, 0.5) is 11.4 Å². The Bertz CT molecular complexity index is 826. The summed E-state index contributed by atoms with van der Waals surface area (Å²) in [6.07, 6.45) is 4.47. The first kappa shape index (κ1) is 17.3. The van der Waals surface area contributed by atoms with Crippen molar-refractivity contribution in [2.24, 2.45) is 0 Å². The Labute approximate surface area is 162 Å². The molecule has 26 heavy (non-hydrogen) atoms. The van der Waals surface area contributed by atoms with Crippen molar-refractivity contribution in [2.45, 2.75) is 6.42 Å². The summed E-state index contributed by atoms with van der Waals surface area (Å²) in [6.45, 7) is 4.16. The van der Waals surface area contributed by atoms with Gasteiger partial charge < -0.3 is 14.5 Å². The second-order valence-electron chi connectivity index (χ2n) is 6.54. The molecule has 2 aromatic rings. The van der Waals surface area contributed by atoms with Gasteiger partial charge in [0.25, 0.3) is 5.91 Å². The number of fused-ring (bicyclic) bond motifs is 1. The van der Waals surface area contributed by atoms with Gasteiger partial charge in [-0.25, -0.2) is 0 Å². The van der Waals surface area contributed by atoms with Crippen LogP contribution >= 0.6 is 15.9 Å². The van der Waals surface area contributed by atoms with Crippen LogP contribution in [0, 0.1) is 0 Å². The number of morpholine rings is 1. The van der Waals surface area contributed by atoms with Crippen LogP contribution in [-0.4, -0.2) is 38.8 Å². The fraction of sp³-hybridized carbons (Fsp3) is 0.286. The Hall–Kier alpha value is -2.11. The van der Waals surface area contributed by atoms with E-state index in [-0.39, 0.29) is 5.91 Å². The third kappa shape index (κ3) is 3.69. The van der Waals surface area contributed by atoms with E-state index in [9.17, 15) is 4.79 Å². The highest BCUT2D eigenvalue weighted by Crippen LogP contribution is 2.31. The lowest BCUT2D eigenvalue weighted by atomic mass is 10.1. The molecular weight excluding hydrogens is 392 g/mol. The number of ether oxygens (including phenoxy) is 1. The Morgan fingerprint density at radius 2 is 1.81 bits per heavy atom. The monoisotopic (exact) mass is 412 g/mol. The molecule has 4 rings (SSSR count). The third-order valence-corrected chi connectivity index (χ3v) is 5.39. The van der Waals surface area contributed by atoms with Gasteiger partial charge in [0.2, 0.25) is 0 Å². The second-order valence-corrected chi connectivity index (χ2v) is 7.45. The zero-order valence-corrected chi connectivity index (χ0v) is 16.1. The van der Waals surface area contributed by atoms with Crippen LogP contribution in [0.25, 0.3) is 6.08 Å². The van der Waals surface area contributed by atoms with Crippen molar-refractivity contribution in [2.75, 3.05) is 42.6 Å². The molecule has 0 bridgehead atoms. The Morgan fingerprint density at radius 3 is 2.58 bits per heavy atom. The Balaban J connectivity index is 1.43. The Kier molecular flexibility index (Phi) is 5.09. The van der Waals surface area contributed by atoms with E-state index in [1.807, 2.05) is 23.1 Å². The number of halogens is 1. The molecule has 2 heterocycles. The summed E-state index contributed by atoms with van der Waals surface area (Å²) >= 11 is 3.49. The predicted molar refractivity (Wildman–Crippen MR) is 109 cm³/mol. The molecule has 0 aromatic heterocycles. The fourth-order valence-corrected chi connectivity index (χ4v) is 3.81. The molecule has 0 N–H and O–H groups in total. The largest absolute Gasteiger partial charge is 0.378 e. The summed E-state index contributed by atoms with van der Waals surface area (Å²) in [7, 11) is 0. The maximum Gasteiger partial charge on any atom is 0.251 e. The van der Waals surface area contributed by atoms with Crippen LogP contribution in [0.5, 0.6) is 0 Å². The molecule has 0 radical (unpaired) electrons. The van der Waals surface area contributed by atoms with E-state index < -0.39 is 0 Å². The molecule has 0 atom stereocenters. The van der Waals surface area contributed by atoms with Gasteiger partial charge in [-0.2, -0.15) is 0 Å². The minimum atomic E-state index is 0.0269. The highest BCUT2D eigenvalue weighted by molar-refractivity contribution is 9.10. The molecule has 1 fully saturated rings. The van der Waals surface area contributed by atoms with Crippen LogP contribution in [0.2, 0.25) is 0 Å². The van der Waals surface area contributed by atoms with E-state index in [0.29, 0.717) is 0 Å². The minimum absolute atomic E-state index is 0.0269. The molecule has 4 nitrogen and oxygen atoms in total. The van der Waals surface area contributed by atoms with Crippen molar-refractivity contribution in [1.29, 1.82) is 0 Å². The minimum Gasteiger partial charge on any atom is -0.378 e. The number of carbonyl (C=O) groups excluding carboxylic acids is 1. The standard InChI is InChI=1S/C21H21BrN2O2/c22-18-5-4-17-9-10-24(20(17)15-18)21(25)8-3-16-1-6-19(7-2-16)23-11-13-26-14-12-23/h1-8,15H,9-14H2. The number of carbonyl (C=O) groups is 1.